The van der Waals surface area contributed by atoms with Crippen LogP contribution >= 0.6 is 0 Å². The molecule has 0 heterocycles. The molecule has 9 N–H and O–H groups in total. The SMILES string of the molecule is CC(C)CC(NC(=O)C(NC(=O)C(CCCCN)NC(=O)C(N)CC(=O)O)C(C)C)C(=O)O. The van der Waals surface area contributed by atoms with E-state index in [1.807, 2.05) is 13.8 Å². The molecule has 12 heteroatoms. The van der Waals surface area contributed by atoms with Crippen molar-refractivity contribution in [2.24, 2.45) is 23.3 Å². The second kappa shape index (κ2) is 15.2. The number of nitrogens with two attached hydrogens (primary N) is 2. The number of carboxylic acid groups (broad SMARTS) is 2. The molecule has 12 nitrogen and oxygen atoms in total. The summed E-state index contributed by atoms with van der Waals surface area (Å²) in [5.74, 6) is -4.90. The van der Waals surface area contributed by atoms with Gasteiger partial charge in [0.1, 0.15) is 18.1 Å². The number of hydrogen-bond donors (Lipinski definition) is 7. The first-order valence-corrected chi connectivity index (χ1v) is 11.1. The maximum absolute atomic E-state index is 12.9. The van der Waals surface area contributed by atoms with Crippen molar-refractivity contribution in [3.63, 3.8) is 0 Å². The van der Waals surface area contributed by atoms with Crippen LogP contribution in [0.1, 0.15) is 59.8 Å². The summed E-state index contributed by atoms with van der Waals surface area (Å²) in [6.07, 6.45) is 0.902. The Morgan fingerprint density at radius 2 is 1.39 bits per heavy atom. The molecule has 0 bridgehead atoms. The van der Waals surface area contributed by atoms with Crippen LogP contribution < -0.4 is 27.4 Å². The molecule has 0 saturated heterocycles. The second-order valence-corrected chi connectivity index (χ2v) is 8.81. The predicted octanol–water partition coefficient (Wildman–Crippen LogP) is -0.841. The molecule has 0 spiro atoms. The van der Waals surface area contributed by atoms with Gasteiger partial charge in [-0.2, -0.15) is 0 Å². The fourth-order valence-corrected chi connectivity index (χ4v) is 3.06. The normalized spacial score (nSPS) is 14.8. The number of carboxylic acids is 2. The van der Waals surface area contributed by atoms with Crippen molar-refractivity contribution < 1.29 is 34.2 Å². The number of carbonyl (C=O) groups excluding carboxylic acids is 3. The molecule has 190 valence electrons. The van der Waals surface area contributed by atoms with Crippen molar-refractivity contribution >= 4 is 29.7 Å². The average Bonchev–Trinajstić information content (AvgIpc) is 2.69. The van der Waals surface area contributed by atoms with Crippen LogP contribution in [-0.4, -0.2) is 70.6 Å². The molecular weight excluding hydrogens is 434 g/mol. The summed E-state index contributed by atoms with van der Waals surface area (Å²) >= 11 is 0. The summed E-state index contributed by atoms with van der Waals surface area (Å²) in [5.41, 5.74) is 11.1. The van der Waals surface area contributed by atoms with E-state index in [4.69, 9.17) is 16.6 Å². The Kier molecular flexibility index (Phi) is 13.9. The van der Waals surface area contributed by atoms with Crippen molar-refractivity contribution in [3.8, 4) is 0 Å². The molecule has 0 aliphatic carbocycles. The fourth-order valence-electron chi connectivity index (χ4n) is 3.06. The molecule has 0 aromatic carbocycles. The van der Waals surface area contributed by atoms with Gasteiger partial charge in [-0.25, -0.2) is 4.79 Å². The third-order valence-corrected chi connectivity index (χ3v) is 4.88. The van der Waals surface area contributed by atoms with E-state index in [1.165, 1.54) is 0 Å². The second-order valence-electron chi connectivity index (χ2n) is 8.81. The van der Waals surface area contributed by atoms with Crippen molar-refractivity contribution in [2.75, 3.05) is 6.54 Å². The third-order valence-electron chi connectivity index (χ3n) is 4.88. The number of carbonyl (C=O) groups is 5. The molecule has 4 unspecified atom stereocenters. The van der Waals surface area contributed by atoms with E-state index < -0.39 is 60.2 Å². The van der Waals surface area contributed by atoms with Crippen molar-refractivity contribution in [1.29, 1.82) is 0 Å². The summed E-state index contributed by atoms with van der Waals surface area (Å²) in [6, 6.07) is -4.56. The van der Waals surface area contributed by atoms with E-state index in [0.29, 0.717) is 19.4 Å². The predicted molar refractivity (Wildman–Crippen MR) is 121 cm³/mol. The Morgan fingerprint density at radius 3 is 1.85 bits per heavy atom. The molecule has 33 heavy (non-hydrogen) atoms. The van der Waals surface area contributed by atoms with Gasteiger partial charge < -0.3 is 37.6 Å². The number of nitrogens with one attached hydrogen (secondary N) is 3. The summed E-state index contributed by atoms with van der Waals surface area (Å²) in [6.45, 7) is 7.41. The highest BCUT2D eigenvalue weighted by molar-refractivity contribution is 5.94. The fraction of sp³-hybridized carbons (Fsp3) is 0.762. The van der Waals surface area contributed by atoms with Crippen LogP contribution in [-0.2, 0) is 24.0 Å². The molecule has 0 radical (unpaired) electrons. The van der Waals surface area contributed by atoms with Gasteiger partial charge in [0.25, 0.3) is 0 Å². The van der Waals surface area contributed by atoms with Crippen LogP contribution in [0.2, 0.25) is 0 Å². The van der Waals surface area contributed by atoms with Gasteiger partial charge in [-0.15, -0.1) is 0 Å². The van der Waals surface area contributed by atoms with Gasteiger partial charge in [-0.3, -0.25) is 19.2 Å². The highest BCUT2D eigenvalue weighted by Gasteiger charge is 2.32. The van der Waals surface area contributed by atoms with Crippen molar-refractivity contribution in [1.82, 2.24) is 16.0 Å². The summed E-state index contributed by atoms with van der Waals surface area (Å²) in [7, 11) is 0. The van der Waals surface area contributed by atoms with Crippen molar-refractivity contribution in [3.05, 3.63) is 0 Å². The number of hydrogen-bond acceptors (Lipinski definition) is 7. The molecule has 0 fully saturated rings. The van der Waals surface area contributed by atoms with E-state index in [-0.39, 0.29) is 24.7 Å². The maximum Gasteiger partial charge on any atom is 0.326 e. The molecule has 3 amide bonds. The summed E-state index contributed by atoms with van der Waals surface area (Å²) in [5, 5.41) is 25.7. The minimum absolute atomic E-state index is 0.0237. The highest BCUT2D eigenvalue weighted by atomic mass is 16.4. The number of unbranched alkanes of at least 4 members (excludes halogenated alkanes) is 1. The van der Waals surface area contributed by atoms with Crippen LogP contribution in [0.4, 0.5) is 0 Å². The minimum Gasteiger partial charge on any atom is -0.481 e. The molecular formula is C21H39N5O7. The Morgan fingerprint density at radius 1 is 0.818 bits per heavy atom. The lowest BCUT2D eigenvalue weighted by Crippen LogP contribution is -2.58. The molecule has 0 aromatic rings. The first-order chi connectivity index (χ1) is 15.3. The molecule has 4 atom stereocenters. The maximum atomic E-state index is 12.9. The lowest BCUT2D eigenvalue weighted by molar-refractivity contribution is -0.143. The van der Waals surface area contributed by atoms with Crippen molar-refractivity contribution in [2.45, 2.75) is 84.0 Å². The van der Waals surface area contributed by atoms with E-state index in [1.54, 1.807) is 13.8 Å². The Balaban J connectivity index is 5.43. The zero-order chi connectivity index (χ0) is 25.7. The van der Waals surface area contributed by atoms with Gasteiger partial charge in [-0.1, -0.05) is 27.7 Å². The number of rotatable bonds is 16. The molecule has 0 aliphatic rings. The molecule has 0 saturated carbocycles. The van der Waals surface area contributed by atoms with Crippen LogP contribution in [0.25, 0.3) is 0 Å². The van der Waals surface area contributed by atoms with Gasteiger partial charge in [0.15, 0.2) is 0 Å². The van der Waals surface area contributed by atoms with Crippen LogP contribution in [0, 0.1) is 11.8 Å². The van der Waals surface area contributed by atoms with Gasteiger partial charge >= 0.3 is 11.9 Å². The van der Waals surface area contributed by atoms with Gasteiger partial charge in [-0.05, 0) is 44.1 Å². The summed E-state index contributed by atoms with van der Waals surface area (Å²) < 4.78 is 0. The van der Waals surface area contributed by atoms with E-state index >= 15 is 0 Å². The number of amides is 3. The topological polar surface area (TPSA) is 214 Å². The van der Waals surface area contributed by atoms with Crippen LogP contribution in [0.5, 0.6) is 0 Å². The monoisotopic (exact) mass is 473 g/mol. The standard InChI is InChI=1S/C21H39N5O7/c1-11(2)9-15(21(32)33)25-20(31)17(12(3)4)26-19(30)14(7-5-6-8-22)24-18(29)13(23)10-16(27)28/h11-15,17H,5-10,22-23H2,1-4H3,(H,24,29)(H,25,31)(H,26,30)(H,27,28)(H,32,33). The molecule has 0 rings (SSSR count). The summed E-state index contributed by atoms with van der Waals surface area (Å²) in [4.78, 5) is 60.2. The largest absolute Gasteiger partial charge is 0.481 e. The smallest absolute Gasteiger partial charge is 0.326 e. The van der Waals surface area contributed by atoms with Gasteiger partial charge in [0.2, 0.25) is 17.7 Å². The van der Waals surface area contributed by atoms with Gasteiger partial charge in [0, 0.05) is 0 Å². The highest BCUT2D eigenvalue weighted by Crippen LogP contribution is 2.09. The van der Waals surface area contributed by atoms with E-state index in [9.17, 15) is 29.1 Å². The first kappa shape index (κ1) is 30.3. The van der Waals surface area contributed by atoms with Crippen LogP contribution in [0.15, 0.2) is 0 Å². The first-order valence-electron chi connectivity index (χ1n) is 11.1. The van der Waals surface area contributed by atoms with Crippen LogP contribution in [0.3, 0.4) is 0 Å². The Hall–Kier alpha value is -2.73. The lowest BCUT2D eigenvalue weighted by atomic mass is 9.99. The Labute approximate surface area is 194 Å². The quantitative estimate of drug-likeness (QED) is 0.139. The van der Waals surface area contributed by atoms with E-state index in [2.05, 4.69) is 16.0 Å². The molecule has 0 aliphatic heterocycles. The zero-order valence-corrected chi connectivity index (χ0v) is 19.8. The lowest BCUT2D eigenvalue weighted by Gasteiger charge is -2.27. The Bertz CT molecular complexity index is 684. The third kappa shape index (κ3) is 12.2. The van der Waals surface area contributed by atoms with E-state index in [0.717, 1.165) is 0 Å². The van der Waals surface area contributed by atoms with Gasteiger partial charge in [0.05, 0.1) is 12.5 Å². The average molecular weight is 474 g/mol. The zero-order valence-electron chi connectivity index (χ0n) is 19.8. The molecule has 0 aromatic heterocycles. The minimum atomic E-state index is -1.34. The number of aliphatic carboxylic acids is 2.